The van der Waals surface area contributed by atoms with E-state index in [4.69, 9.17) is 4.74 Å². The van der Waals surface area contributed by atoms with Crippen LogP contribution in [0.15, 0.2) is 0 Å². The number of hydrogen-bond acceptors (Lipinski definition) is 2. The van der Waals surface area contributed by atoms with E-state index in [2.05, 4.69) is 26.1 Å². The van der Waals surface area contributed by atoms with E-state index >= 15 is 0 Å². The first-order valence-electron chi connectivity index (χ1n) is 6.90. The molecule has 0 heterocycles. The molecule has 0 aromatic heterocycles. The third-order valence-corrected chi connectivity index (χ3v) is 3.93. The smallest absolute Gasteiger partial charge is 0.0476 e. The second kappa shape index (κ2) is 7.29. The lowest BCUT2D eigenvalue weighted by Gasteiger charge is -2.36. The van der Waals surface area contributed by atoms with Crippen LogP contribution in [0.1, 0.15) is 52.9 Å². The van der Waals surface area contributed by atoms with Gasteiger partial charge < -0.3 is 10.1 Å². The number of methoxy groups -OCH3 is 1. The summed E-state index contributed by atoms with van der Waals surface area (Å²) in [6.07, 6.45) is 6.72. The van der Waals surface area contributed by atoms with Crippen molar-refractivity contribution in [1.82, 2.24) is 5.32 Å². The Balaban J connectivity index is 2.36. The predicted octanol–water partition coefficient (Wildman–Crippen LogP) is 3.22. The summed E-state index contributed by atoms with van der Waals surface area (Å²) in [5, 5.41) is 3.81. The second-order valence-electron chi connectivity index (χ2n) is 5.65. The van der Waals surface area contributed by atoms with Gasteiger partial charge in [-0.1, -0.05) is 26.7 Å². The molecule has 1 aliphatic carbocycles. The molecular formula is C14H29NO. The minimum atomic E-state index is 0.587. The molecule has 16 heavy (non-hydrogen) atoms. The third kappa shape index (κ3) is 4.42. The summed E-state index contributed by atoms with van der Waals surface area (Å²) in [6.45, 7) is 7.88. The highest BCUT2D eigenvalue weighted by molar-refractivity contribution is 4.84. The highest BCUT2D eigenvalue weighted by Crippen LogP contribution is 2.30. The van der Waals surface area contributed by atoms with Gasteiger partial charge in [-0.2, -0.15) is 0 Å². The number of hydrogen-bond donors (Lipinski definition) is 1. The van der Waals surface area contributed by atoms with Crippen molar-refractivity contribution < 1.29 is 4.74 Å². The molecule has 3 atom stereocenters. The van der Waals surface area contributed by atoms with Crippen LogP contribution >= 0.6 is 0 Å². The lowest BCUT2D eigenvalue weighted by Crippen LogP contribution is -2.45. The molecule has 0 bridgehead atoms. The number of ether oxygens (including phenoxy) is 1. The zero-order chi connectivity index (χ0) is 12.0. The molecule has 1 rings (SSSR count). The van der Waals surface area contributed by atoms with Crippen molar-refractivity contribution in [1.29, 1.82) is 0 Å². The van der Waals surface area contributed by atoms with Gasteiger partial charge in [-0.3, -0.25) is 0 Å². The first-order valence-corrected chi connectivity index (χ1v) is 6.90. The van der Waals surface area contributed by atoms with Gasteiger partial charge in [0.05, 0.1) is 0 Å². The fourth-order valence-electron chi connectivity index (χ4n) is 2.91. The Morgan fingerprint density at radius 3 is 2.50 bits per heavy atom. The molecule has 1 saturated carbocycles. The van der Waals surface area contributed by atoms with Gasteiger partial charge in [0.25, 0.3) is 0 Å². The van der Waals surface area contributed by atoms with E-state index in [0.717, 1.165) is 30.9 Å². The molecule has 1 N–H and O–H groups in total. The van der Waals surface area contributed by atoms with Crippen molar-refractivity contribution in [3.8, 4) is 0 Å². The zero-order valence-electron chi connectivity index (χ0n) is 11.5. The van der Waals surface area contributed by atoms with E-state index < -0.39 is 0 Å². The van der Waals surface area contributed by atoms with Crippen LogP contribution in [0, 0.1) is 11.8 Å². The Morgan fingerprint density at radius 1 is 1.19 bits per heavy atom. The summed E-state index contributed by atoms with van der Waals surface area (Å²) in [4.78, 5) is 0. The topological polar surface area (TPSA) is 21.3 Å². The van der Waals surface area contributed by atoms with Crippen LogP contribution in [-0.2, 0) is 4.74 Å². The first kappa shape index (κ1) is 14.0. The molecule has 0 spiro atoms. The number of rotatable bonds is 6. The molecule has 0 aromatic carbocycles. The van der Waals surface area contributed by atoms with Crippen LogP contribution in [0.3, 0.4) is 0 Å². The van der Waals surface area contributed by atoms with Gasteiger partial charge in [-0.05, 0) is 38.0 Å². The summed E-state index contributed by atoms with van der Waals surface area (Å²) in [6, 6.07) is 1.32. The molecule has 0 radical (unpaired) electrons. The van der Waals surface area contributed by atoms with E-state index in [-0.39, 0.29) is 0 Å². The standard InChI is InChI=1S/C14H29NO/c1-11(2)13-7-5-6-8-14(13)15-12(3)9-10-16-4/h11-15H,5-10H2,1-4H3. The van der Waals surface area contributed by atoms with E-state index in [0.29, 0.717) is 6.04 Å². The van der Waals surface area contributed by atoms with Gasteiger partial charge in [-0.15, -0.1) is 0 Å². The van der Waals surface area contributed by atoms with Gasteiger partial charge in [0.1, 0.15) is 0 Å². The van der Waals surface area contributed by atoms with Crippen LogP contribution in [0.5, 0.6) is 0 Å². The normalized spacial score (nSPS) is 28.3. The highest BCUT2D eigenvalue weighted by atomic mass is 16.5. The average molecular weight is 227 g/mol. The van der Waals surface area contributed by atoms with Crippen LogP contribution in [-0.4, -0.2) is 25.8 Å². The van der Waals surface area contributed by atoms with Gasteiger partial charge in [0.15, 0.2) is 0 Å². The quantitative estimate of drug-likeness (QED) is 0.752. The molecule has 0 aliphatic heterocycles. The molecule has 2 nitrogen and oxygen atoms in total. The third-order valence-electron chi connectivity index (χ3n) is 3.93. The van der Waals surface area contributed by atoms with Gasteiger partial charge >= 0.3 is 0 Å². The SMILES string of the molecule is COCCC(C)NC1CCCCC1C(C)C. The molecule has 1 aliphatic rings. The second-order valence-corrected chi connectivity index (χ2v) is 5.65. The lowest BCUT2D eigenvalue weighted by atomic mass is 9.77. The van der Waals surface area contributed by atoms with Crippen LogP contribution in [0.25, 0.3) is 0 Å². The largest absolute Gasteiger partial charge is 0.385 e. The average Bonchev–Trinajstić information content (AvgIpc) is 2.27. The molecule has 3 unspecified atom stereocenters. The van der Waals surface area contributed by atoms with Crippen molar-refractivity contribution in [3.63, 3.8) is 0 Å². The summed E-state index contributed by atoms with van der Waals surface area (Å²) in [5.41, 5.74) is 0. The predicted molar refractivity (Wildman–Crippen MR) is 69.7 cm³/mol. The van der Waals surface area contributed by atoms with Crippen molar-refractivity contribution in [3.05, 3.63) is 0 Å². The van der Waals surface area contributed by atoms with Crippen molar-refractivity contribution >= 4 is 0 Å². The van der Waals surface area contributed by atoms with Crippen molar-refractivity contribution in [2.75, 3.05) is 13.7 Å². The first-order chi connectivity index (χ1) is 7.65. The van der Waals surface area contributed by atoms with Crippen molar-refractivity contribution in [2.45, 2.75) is 65.0 Å². The Kier molecular flexibility index (Phi) is 6.37. The fraction of sp³-hybridized carbons (Fsp3) is 1.00. The molecule has 1 fully saturated rings. The lowest BCUT2D eigenvalue weighted by molar-refractivity contribution is 0.161. The zero-order valence-corrected chi connectivity index (χ0v) is 11.5. The molecule has 0 aromatic rings. The van der Waals surface area contributed by atoms with Crippen LogP contribution in [0.4, 0.5) is 0 Å². The summed E-state index contributed by atoms with van der Waals surface area (Å²) >= 11 is 0. The van der Waals surface area contributed by atoms with Crippen LogP contribution in [0.2, 0.25) is 0 Å². The molecule has 96 valence electrons. The molecule has 0 saturated heterocycles. The Bertz CT molecular complexity index is 182. The summed E-state index contributed by atoms with van der Waals surface area (Å²) < 4.78 is 5.14. The maximum Gasteiger partial charge on any atom is 0.0476 e. The van der Waals surface area contributed by atoms with Crippen LogP contribution < -0.4 is 5.32 Å². The van der Waals surface area contributed by atoms with E-state index in [1.165, 1.54) is 25.7 Å². The van der Waals surface area contributed by atoms with Gasteiger partial charge in [0.2, 0.25) is 0 Å². The van der Waals surface area contributed by atoms with Crippen molar-refractivity contribution in [2.24, 2.45) is 11.8 Å². The highest BCUT2D eigenvalue weighted by Gasteiger charge is 2.27. The van der Waals surface area contributed by atoms with E-state index in [1.807, 2.05) is 0 Å². The maximum absolute atomic E-state index is 5.14. The number of nitrogens with one attached hydrogen (secondary N) is 1. The van der Waals surface area contributed by atoms with E-state index in [9.17, 15) is 0 Å². The monoisotopic (exact) mass is 227 g/mol. The minimum Gasteiger partial charge on any atom is -0.385 e. The summed E-state index contributed by atoms with van der Waals surface area (Å²) in [7, 11) is 1.78. The minimum absolute atomic E-state index is 0.587. The van der Waals surface area contributed by atoms with Gasteiger partial charge in [0, 0.05) is 25.8 Å². The maximum atomic E-state index is 5.14. The molecular weight excluding hydrogens is 198 g/mol. The Morgan fingerprint density at radius 2 is 1.88 bits per heavy atom. The molecule has 2 heteroatoms. The Hall–Kier alpha value is -0.0800. The summed E-state index contributed by atoms with van der Waals surface area (Å²) in [5.74, 6) is 1.69. The molecule has 0 amide bonds. The van der Waals surface area contributed by atoms with E-state index in [1.54, 1.807) is 7.11 Å². The fourth-order valence-corrected chi connectivity index (χ4v) is 2.91. The van der Waals surface area contributed by atoms with Gasteiger partial charge in [-0.25, -0.2) is 0 Å². The Labute approximate surface area is 101 Å².